The van der Waals surface area contributed by atoms with Crippen molar-refractivity contribution in [2.75, 3.05) is 46.4 Å². The van der Waals surface area contributed by atoms with Crippen LogP contribution >= 0.6 is 0 Å². The lowest BCUT2D eigenvalue weighted by molar-refractivity contribution is 0.0819. The molecule has 1 rings (SSSR count). The fourth-order valence-corrected chi connectivity index (χ4v) is 2.46. The standard InChI is InChI=1S/C15H32N2O/c1-14(2)7-12-18-13-11-17-9-5-15(6-10-17)4-8-16-3/h14-16H,4-13H2,1-3H3. The van der Waals surface area contributed by atoms with Crippen LogP contribution in [0.5, 0.6) is 0 Å². The Hall–Kier alpha value is -0.120. The molecule has 1 saturated heterocycles. The van der Waals surface area contributed by atoms with Gasteiger partial charge in [-0.05, 0) is 64.2 Å². The maximum absolute atomic E-state index is 5.69. The quantitative estimate of drug-likeness (QED) is 0.641. The second kappa shape index (κ2) is 9.76. The highest BCUT2D eigenvalue weighted by Crippen LogP contribution is 2.19. The van der Waals surface area contributed by atoms with Crippen molar-refractivity contribution in [2.24, 2.45) is 11.8 Å². The van der Waals surface area contributed by atoms with E-state index in [4.69, 9.17) is 4.74 Å². The number of rotatable bonds is 9. The Kier molecular flexibility index (Phi) is 8.64. The van der Waals surface area contributed by atoms with E-state index >= 15 is 0 Å². The molecule has 1 aliphatic heterocycles. The number of nitrogens with one attached hydrogen (secondary N) is 1. The minimum Gasteiger partial charge on any atom is -0.380 e. The van der Waals surface area contributed by atoms with E-state index in [-0.39, 0.29) is 0 Å². The summed E-state index contributed by atoms with van der Waals surface area (Å²) in [5, 5.41) is 3.25. The summed E-state index contributed by atoms with van der Waals surface area (Å²) in [6.07, 6.45) is 5.27. The lowest BCUT2D eigenvalue weighted by Gasteiger charge is -2.31. The van der Waals surface area contributed by atoms with Gasteiger partial charge >= 0.3 is 0 Å². The fourth-order valence-electron chi connectivity index (χ4n) is 2.46. The number of nitrogens with zero attached hydrogens (tertiary/aromatic N) is 1. The minimum atomic E-state index is 0.757. The van der Waals surface area contributed by atoms with Crippen LogP contribution in [-0.2, 0) is 4.74 Å². The highest BCUT2D eigenvalue weighted by atomic mass is 16.5. The molecule has 0 spiro atoms. The molecule has 1 N–H and O–H groups in total. The van der Waals surface area contributed by atoms with Gasteiger partial charge in [-0.25, -0.2) is 0 Å². The van der Waals surface area contributed by atoms with Crippen molar-refractivity contribution < 1.29 is 4.74 Å². The first-order valence-electron chi connectivity index (χ1n) is 7.67. The van der Waals surface area contributed by atoms with E-state index in [0.717, 1.165) is 31.6 Å². The molecule has 0 bridgehead atoms. The molecule has 3 heteroatoms. The molecular formula is C15H32N2O. The third-order valence-electron chi connectivity index (χ3n) is 3.90. The molecule has 0 amide bonds. The maximum Gasteiger partial charge on any atom is 0.0593 e. The lowest BCUT2D eigenvalue weighted by Crippen LogP contribution is -2.36. The van der Waals surface area contributed by atoms with Crippen LogP contribution in [0.4, 0.5) is 0 Å². The third kappa shape index (κ3) is 7.34. The van der Waals surface area contributed by atoms with Gasteiger partial charge < -0.3 is 15.0 Å². The average molecular weight is 256 g/mol. The predicted octanol–water partition coefficient (Wildman–Crippen LogP) is 2.37. The molecule has 108 valence electrons. The van der Waals surface area contributed by atoms with E-state index in [1.165, 1.54) is 45.3 Å². The minimum absolute atomic E-state index is 0.757. The Morgan fingerprint density at radius 2 is 1.94 bits per heavy atom. The molecule has 0 radical (unpaired) electrons. The van der Waals surface area contributed by atoms with E-state index in [2.05, 4.69) is 24.1 Å². The molecule has 0 aliphatic carbocycles. The molecule has 1 aliphatic rings. The van der Waals surface area contributed by atoms with Gasteiger partial charge in [-0.1, -0.05) is 13.8 Å². The number of piperidine rings is 1. The number of hydrogen-bond donors (Lipinski definition) is 1. The van der Waals surface area contributed by atoms with E-state index in [0.29, 0.717) is 0 Å². The van der Waals surface area contributed by atoms with Crippen LogP contribution in [-0.4, -0.2) is 51.3 Å². The van der Waals surface area contributed by atoms with Crippen molar-refractivity contribution >= 4 is 0 Å². The zero-order valence-electron chi connectivity index (χ0n) is 12.6. The van der Waals surface area contributed by atoms with Gasteiger partial charge in [0.15, 0.2) is 0 Å². The van der Waals surface area contributed by atoms with Crippen molar-refractivity contribution in [3.63, 3.8) is 0 Å². The number of likely N-dealkylation sites (tertiary alicyclic amines) is 1. The van der Waals surface area contributed by atoms with Crippen LogP contribution in [0, 0.1) is 11.8 Å². The monoisotopic (exact) mass is 256 g/mol. The highest BCUT2D eigenvalue weighted by molar-refractivity contribution is 4.72. The summed E-state index contributed by atoms with van der Waals surface area (Å²) in [5.74, 6) is 1.70. The predicted molar refractivity (Wildman–Crippen MR) is 78.0 cm³/mol. The Labute approximate surface area is 113 Å². The molecule has 0 aromatic carbocycles. The molecule has 0 aromatic rings. The van der Waals surface area contributed by atoms with Crippen molar-refractivity contribution in [2.45, 2.75) is 39.5 Å². The van der Waals surface area contributed by atoms with Crippen LogP contribution in [0.3, 0.4) is 0 Å². The Bertz CT molecular complexity index is 189. The Balaban J connectivity index is 1.95. The molecule has 0 aromatic heterocycles. The summed E-state index contributed by atoms with van der Waals surface area (Å²) in [5.41, 5.74) is 0. The summed E-state index contributed by atoms with van der Waals surface area (Å²) < 4.78 is 5.69. The van der Waals surface area contributed by atoms with Crippen LogP contribution in [0.25, 0.3) is 0 Å². The van der Waals surface area contributed by atoms with E-state index < -0.39 is 0 Å². The number of ether oxygens (including phenoxy) is 1. The normalized spacial score (nSPS) is 18.7. The van der Waals surface area contributed by atoms with Gasteiger partial charge in [-0.3, -0.25) is 0 Å². The molecule has 18 heavy (non-hydrogen) atoms. The van der Waals surface area contributed by atoms with E-state index in [1.807, 2.05) is 7.05 Å². The van der Waals surface area contributed by atoms with Crippen LogP contribution in [0.1, 0.15) is 39.5 Å². The van der Waals surface area contributed by atoms with Gasteiger partial charge in [0.2, 0.25) is 0 Å². The molecule has 1 heterocycles. The first-order valence-corrected chi connectivity index (χ1v) is 7.67. The number of hydrogen-bond acceptors (Lipinski definition) is 3. The van der Waals surface area contributed by atoms with Crippen molar-refractivity contribution in [3.05, 3.63) is 0 Å². The van der Waals surface area contributed by atoms with Crippen LogP contribution in [0.15, 0.2) is 0 Å². The summed E-state index contributed by atoms with van der Waals surface area (Å²) >= 11 is 0. The third-order valence-corrected chi connectivity index (χ3v) is 3.90. The van der Waals surface area contributed by atoms with Crippen LogP contribution < -0.4 is 5.32 Å². The second-order valence-electron chi connectivity index (χ2n) is 5.97. The SMILES string of the molecule is CNCCC1CCN(CCOCCC(C)C)CC1. The highest BCUT2D eigenvalue weighted by Gasteiger charge is 2.18. The topological polar surface area (TPSA) is 24.5 Å². The van der Waals surface area contributed by atoms with Gasteiger partial charge in [0.1, 0.15) is 0 Å². The first kappa shape index (κ1) is 15.9. The zero-order chi connectivity index (χ0) is 13.2. The van der Waals surface area contributed by atoms with Gasteiger partial charge in [0, 0.05) is 13.2 Å². The van der Waals surface area contributed by atoms with Gasteiger partial charge in [-0.15, -0.1) is 0 Å². The Morgan fingerprint density at radius 1 is 1.22 bits per heavy atom. The smallest absolute Gasteiger partial charge is 0.0593 e. The second-order valence-corrected chi connectivity index (χ2v) is 5.97. The lowest BCUT2D eigenvalue weighted by atomic mass is 9.93. The summed E-state index contributed by atoms with van der Waals surface area (Å²) in [6.45, 7) is 11.2. The summed E-state index contributed by atoms with van der Waals surface area (Å²) in [7, 11) is 2.05. The van der Waals surface area contributed by atoms with E-state index in [9.17, 15) is 0 Å². The van der Waals surface area contributed by atoms with Crippen molar-refractivity contribution in [1.82, 2.24) is 10.2 Å². The van der Waals surface area contributed by atoms with Crippen LogP contribution in [0.2, 0.25) is 0 Å². The molecule has 3 nitrogen and oxygen atoms in total. The molecular weight excluding hydrogens is 224 g/mol. The molecule has 0 saturated carbocycles. The Morgan fingerprint density at radius 3 is 2.56 bits per heavy atom. The fraction of sp³-hybridized carbons (Fsp3) is 1.00. The summed E-state index contributed by atoms with van der Waals surface area (Å²) in [6, 6.07) is 0. The molecule has 0 atom stereocenters. The van der Waals surface area contributed by atoms with Gasteiger partial charge in [0.05, 0.1) is 6.61 Å². The van der Waals surface area contributed by atoms with Crippen molar-refractivity contribution in [3.8, 4) is 0 Å². The van der Waals surface area contributed by atoms with E-state index in [1.54, 1.807) is 0 Å². The van der Waals surface area contributed by atoms with Gasteiger partial charge in [-0.2, -0.15) is 0 Å². The molecule has 1 fully saturated rings. The van der Waals surface area contributed by atoms with Gasteiger partial charge in [0.25, 0.3) is 0 Å². The largest absolute Gasteiger partial charge is 0.380 e. The van der Waals surface area contributed by atoms with Crippen molar-refractivity contribution in [1.29, 1.82) is 0 Å². The molecule has 0 unspecified atom stereocenters. The zero-order valence-corrected chi connectivity index (χ0v) is 12.6. The summed E-state index contributed by atoms with van der Waals surface area (Å²) in [4.78, 5) is 2.56. The maximum atomic E-state index is 5.69. The average Bonchev–Trinajstić information content (AvgIpc) is 2.37. The first-order chi connectivity index (χ1) is 8.72.